The van der Waals surface area contributed by atoms with E-state index in [4.69, 9.17) is 11.6 Å². The Labute approximate surface area is 141 Å². The van der Waals surface area contributed by atoms with Crippen molar-refractivity contribution >= 4 is 17.5 Å². The largest absolute Gasteiger partial charge is 0.389 e. The molecule has 0 saturated heterocycles. The van der Waals surface area contributed by atoms with Crippen LogP contribution in [0.15, 0.2) is 42.5 Å². The number of halogens is 1. The average molecular weight is 333 g/mol. The molecule has 0 aliphatic rings. The molecule has 0 aliphatic carbocycles. The number of hydrogen-bond donors (Lipinski definition) is 1. The lowest BCUT2D eigenvalue weighted by Gasteiger charge is -2.29. The minimum Gasteiger partial charge on any atom is -0.389 e. The lowest BCUT2D eigenvalue weighted by molar-refractivity contribution is 0.0279. The third kappa shape index (κ3) is 5.05. The number of hydrogen-bond acceptors (Lipinski definition) is 3. The van der Waals surface area contributed by atoms with Crippen molar-refractivity contribution in [2.24, 2.45) is 0 Å². The van der Waals surface area contributed by atoms with Crippen molar-refractivity contribution in [2.45, 2.75) is 32.9 Å². The van der Waals surface area contributed by atoms with Gasteiger partial charge in [-0.25, -0.2) is 4.98 Å². The predicted molar refractivity (Wildman–Crippen MR) is 91.5 cm³/mol. The van der Waals surface area contributed by atoms with Gasteiger partial charge in [-0.15, -0.1) is 0 Å². The van der Waals surface area contributed by atoms with Crippen LogP contribution in [0.4, 0.5) is 0 Å². The van der Waals surface area contributed by atoms with Crippen molar-refractivity contribution in [3.05, 3.63) is 64.4 Å². The van der Waals surface area contributed by atoms with Crippen molar-refractivity contribution in [1.82, 2.24) is 9.88 Å². The summed E-state index contributed by atoms with van der Waals surface area (Å²) in [4.78, 5) is 18.7. The summed E-state index contributed by atoms with van der Waals surface area (Å²) in [7, 11) is 0. The standard InChI is InChI=1S/C18H21ClN2O2/c1-13-15(9-10-16(19)20-13)17(22)21(12-18(2,3)23)11-14-7-5-4-6-8-14/h4-10,23H,11-12H2,1-3H3. The van der Waals surface area contributed by atoms with E-state index >= 15 is 0 Å². The highest BCUT2D eigenvalue weighted by Gasteiger charge is 2.25. The molecule has 1 aromatic heterocycles. The van der Waals surface area contributed by atoms with Gasteiger partial charge in [0, 0.05) is 13.1 Å². The molecular weight excluding hydrogens is 312 g/mol. The minimum absolute atomic E-state index is 0.169. The van der Waals surface area contributed by atoms with Crippen molar-refractivity contribution in [3.63, 3.8) is 0 Å². The first-order chi connectivity index (χ1) is 10.8. The summed E-state index contributed by atoms with van der Waals surface area (Å²) >= 11 is 5.86. The highest BCUT2D eigenvalue weighted by Crippen LogP contribution is 2.17. The molecule has 0 spiro atoms. The molecule has 2 aromatic rings. The summed E-state index contributed by atoms with van der Waals surface area (Å²) in [5.74, 6) is -0.169. The summed E-state index contributed by atoms with van der Waals surface area (Å²) < 4.78 is 0. The van der Waals surface area contributed by atoms with Crippen LogP contribution in [-0.4, -0.2) is 33.0 Å². The highest BCUT2D eigenvalue weighted by molar-refractivity contribution is 6.29. The molecule has 1 N–H and O–H groups in total. The number of amides is 1. The first-order valence-electron chi connectivity index (χ1n) is 7.45. The second-order valence-electron chi connectivity index (χ2n) is 6.23. The molecule has 1 aromatic carbocycles. The molecule has 2 rings (SSSR count). The minimum atomic E-state index is -0.988. The summed E-state index contributed by atoms with van der Waals surface area (Å²) in [6.45, 7) is 5.77. The maximum atomic E-state index is 12.9. The normalized spacial score (nSPS) is 11.3. The Hall–Kier alpha value is -1.91. The molecule has 0 aliphatic heterocycles. The van der Waals surface area contributed by atoms with E-state index in [-0.39, 0.29) is 12.5 Å². The van der Waals surface area contributed by atoms with E-state index in [0.29, 0.717) is 23.0 Å². The molecular formula is C18H21ClN2O2. The Morgan fingerprint density at radius 2 is 1.87 bits per heavy atom. The quantitative estimate of drug-likeness (QED) is 0.853. The van der Waals surface area contributed by atoms with Gasteiger partial charge in [-0.2, -0.15) is 0 Å². The summed E-state index contributed by atoms with van der Waals surface area (Å²) in [6.07, 6.45) is 0. The maximum Gasteiger partial charge on any atom is 0.256 e. The second-order valence-corrected chi connectivity index (χ2v) is 6.61. The number of pyridine rings is 1. The van der Waals surface area contributed by atoms with Crippen LogP contribution in [0.5, 0.6) is 0 Å². The summed E-state index contributed by atoms with van der Waals surface area (Å²) in [5.41, 5.74) is 1.09. The molecule has 0 unspecified atom stereocenters. The Balaban J connectivity index is 2.30. The van der Waals surface area contributed by atoms with E-state index in [1.165, 1.54) is 0 Å². The molecule has 0 radical (unpaired) electrons. The van der Waals surface area contributed by atoms with Gasteiger partial charge >= 0.3 is 0 Å². The van der Waals surface area contributed by atoms with Crippen LogP contribution in [0, 0.1) is 6.92 Å². The molecule has 0 bridgehead atoms. The zero-order chi connectivity index (χ0) is 17.0. The number of rotatable bonds is 5. The van der Waals surface area contributed by atoms with Gasteiger partial charge in [0.2, 0.25) is 0 Å². The third-order valence-corrected chi connectivity index (χ3v) is 3.57. The van der Waals surface area contributed by atoms with E-state index < -0.39 is 5.60 Å². The van der Waals surface area contributed by atoms with Gasteiger partial charge in [-0.1, -0.05) is 41.9 Å². The number of benzene rings is 1. The number of carbonyl (C=O) groups excluding carboxylic acids is 1. The van der Waals surface area contributed by atoms with E-state index in [1.807, 2.05) is 30.3 Å². The van der Waals surface area contributed by atoms with Gasteiger partial charge in [-0.3, -0.25) is 4.79 Å². The Morgan fingerprint density at radius 1 is 1.22 bits per heavy atom. The van der Waals surface area contributed by atoms with Crippen LogP contribution in [0.2, 0.25) is 5.15 Å². The Kier molecular flexibility index (Phi) is 5.39. The smallest absolute Gasteiger partial charge is 0.256 e. The fourth-order valence-electron chi connectivity index (χ4n) is 2.40. The maximum absolute atomic E-state index is 12.9. The fraction of sp³-hybridized carbons (Fsp3) is 0.333. The van der Waals surface area contributed by atoms with E-state index in [9.17, 15) is 9.90 Å². The van der Waals surface area contributed by atoms with E-state index in [2.05, 4.69) is 4.98 Å². The van der Waals surface area contributed by atoms with Crippen molar-refractivity contribution in [2.75, 3.05) is 6.54 Å². The van der Waals surface area contributed by atoms with Crippen LogP contribution in [0.25, 0.3) is 0 Å². The first-order valence-corrected chi connectivity index (χ1v) is 7.83. The molecule has 5 heteroatoms. The fourth-order valence-corrected chi connectivity index (χ4v) is 2.59. The molecule has 0 saturated carbocycles. The zero-order valence-corrected chi connectivity index (χ0v) is 14.3. The van der Waals surface area contributed by atoms with E-state index in [1.54, 1.807) is 37.8 Å². The van der Waals surface area contributed by atoms with Gasteiger partial charge in [0.25, 0.3) is 5.91 Å². The molecule has 1 amide bonds. The SMILES string of the molecule is Cc1nc(Cl)ccc1C(=O)N(Cc1ccccc1)CC(C)(C)O. The second kappa shape index (κ2) is 7.11. The van der Waals surface area contributed by atoms with Gasteiger partial charge < -0.3 is 10.0 Å². The molecule has 122 valence electrons. The lowest BCUT2D eigenvalue weighted by atomic mass is 10.1. The molecule has 23 heavy (non-hydrogen) atoms. The van der Waals surface area contributed by atoms with Gasteiger partial charge in [0.05, 0.1) is 16.9 Å². The van der Waals surface area contributed by atoms with Gasteiger partial charge in [0.1, 0.15) is 5.15 Å². The molecule has 4 nitrogen and oxygen atoms in total. The van der Waals surface area contributed by atoms with Crippen LogP contribution >= 0.6 is 11.6 Å². The van der Waals surface area contributed by atoms with Crippen molar-refractivity contribution < 1.29 is 9.90 Å². The van der Waals surface area contributed by atoms with Crippen LogP contribution in [0.1, 0.15) is 35.5 Å². The molecule has 1 heterocycles. The number of aliphatic hydroxyl groups is 1. The molecule has 0 atom stereocenters. The van der Waals surface area contributed by atoms with E-state index in [0.717, 1.165) is 5.56 Å². The highest BCUT2D eigenvalue weighted by atomic mass is 35.5. The predicted octanol–water partition coefficient (Wildman–Crippen LogP) is 3.46. The van der Waals surface area contributed by atoms with Crippen LogP contribution in [-0.2, 0) is 6.54 Å². The van der Waals surface area contributed by atoms with Crippen LogP contribution < -0.4 is 0 Å². The third-order valence-electron chi connectivity index (χ3n) is 3.36. The van der Waals surface area contributed by atoms with Crippen molar-refractivity contribution in [1.29, 1.82) is 0 Å². The van der Waals surface area contributed by atoms with Gasteiger partial charge in [-0.05, 0) is 38.5 Å². The average Bonchev–Trinajstić information content (AvgIpc) is 2.45. The van der Waals surface area contributed by atoms with Crippen molar-refractivity contribution in [3.8, 4) is 0 Å². The number of carbonyl (C=O) groups is 1. The molecule has 0 fully saturated rings. The first kappa shape index (κ1) is 17.4. The summed E-state index contributed by atoms with van der Waals surface area (Å²) in [6, 6.07) is 13.0. The number of aryl methyl sites for hydroxylation is 1. The summed E-state index contributed by atoms with van der Waals surface area (Å²) in [5, 5.41) is 10.5. The zero-order valence-electron chi connectivity index (χ0n) is 13.6. The number of aromatic nitrogens is 1. The Bertz CT molecular complexity index is 681. The lowest BCUT2D eigenvalue weighted by Crippen LogP contribution is -2.42. The Morgan fingerprint density at radius 3 is 2.43 bits per heavy atom. The van der Waals surface area contributed by atoms with Crippen LogP contribution in [0.3, 0.4) is 0 Å². The topological polar surface area (TPSA) is 53.4 Å². The number of nitrogens with zero attached hydrogens (tertiary/aromatic N) is 2. The van der Waals surface area contributed by atoms with Gasteiger partial charge in [0.15, 0.2) is 0 Å². The monoisotopic (exact) mass is 332 g/mol.